The van der Waals surface area contributed by atoms with Crippen LogP contribution in [0.25, 0.3) is 0 Å². The summed E-state index contributed by atoms with van der Waals surface area (Å²) in [6.45, 7) is 8.13. The molecule has 22 heavy (non-hydrogen) atoms. The average molecular weight is 323 g/mol. The number of nitrogens with zero attached hydrogens (tertiary/aromatic N) is 1. The van der Waals surface area contributed by atoms with Crippen molar-refractivity contribution in [3.63, 3.8) is 0 Å². The Bertz CT molecular complexity index is 440. The molecule has 0 heterocycles. The SMILES string of the molecule is CCCCCN(CCO)C(=S)Nc1c(CC)cccc1CC. The van der Waals surface area contributed by atoms with E-state index in [4.69, 9.17) is 12.2 Å². The molecule has 0 aliphatic carbocycles. The second-order valence-electron chi connectivity index (χ2n) is 5.51. The van der Waals surface area contributed by atoms with Crippen LogP contribution in [0.1, 0.15) is 51.2 Å². The highest BCUT2D eigenvalue weighted by molar-refractivity contribution is 7.80. The second kappa shape index (κ2) is 10.6. The maximum atomic E-state index is 9.28. The number of aryl methyl sites for hydroxylation is 2. The van der Waals surface area contributed by atoms with E-state index in [1.165, 1.54) is 24.0 Å². The van der Waals surface area contributed by atoms with Crippen LogP contribution in [0, 0.1) is 0 Å². The smallest absolute Gasteiger partial charge is 0.173 e. The highest BCUT2D eigenvalue weighted by Gasteiger charge is 2.12. The third kappa shape index (κ3) is 5.58. The summed E-state index contributed by atoms with van der Waals surface area (Å²) in [7, 11) is 0. The number of thiocarbonyl (C=S) groups is 1. The van der Waals surface area contributed by atoms with Crippen molar-refractivity contribution in [3.05, 3.63) is 29.3 Å². The summed E-state index contributed by atoms with van der Waals surface area (Å²) >= 11 is 5.59. The first-order valence-corrected chi connectivity index (χ1v) is 8.86. The molecule has 0 aliphatic heterocycles. The van der Waals surface area contributed by atoms with Crippen molar-refractivity contribution in [2.75, 3.05) is 25.0 Å². The molecule has 0 aliphatic rings. The zero-order valence-corrected chi connectivity index (χ0v) is 15.0. The van der Waals surface area contributed by atoms with E-state index in [1.807, 2.05) is 0 Å². The Balaban J connectivity index is 2.84. The molecule has 1 rings (SSSR count). The molecule has 0 saturated heterocycles. The van der Waals surface area contributed by atoms with Crippen molar-refractivity contribution in [2.24, 2.45) is 0 Å². The van der Waals surface area contributed by atoms with E-state index in [0.29, 0.717) is 6.54 Å². The zero-order chi connectivity index (χ0) is 16.4. The predicted molar refractivity (Wildman–Crippen MR) is 99.6 cm³/mol. The Morgan fingerprint density at radius 2 is 1.73 bits per heavy atom. The van der Waals surface area contributed by atoms with E-state index < -0.39 is 0 Å². The molecule has 1 aromatic carbocycles. The minimum absolute atomic E-state index is 0.129. The molecule has 0 fully saturated rings. The number of benzene rings is 1. The van der Waals surface area contributed by atoms with Crippen molar-refractivity contribution >= 4 is 23.0 Å². The van der Waals surface area contributed by atoms with Gasteiger partial charge in [0.2, 0.25) is 0 Å². The summed E-state index contributed by atoms with van der Waals surface area (Å²) in [6.07, 6.45) is 5.44. The lowest BCUT2D eigenvalue weighted by Gasteiger charge is -2.26. The number of para-hydroxylation sites is 1. The molecule has 0 spiro atoms. The molecule has 1 aromatic rings. The molecule has 0 bridgehead atoms. The lowest BCUT2D eigenvalue weighted by molar-refractivity contribution is 0.249. The highest BCUT2D eigenvalue weighted by Crippen LogP contribution is 2.23. The van der Waals surface area contributed by atoms with Gasteiger partial charge in [0.05, 0.1) is 6.61 Å². The molecule has 0 radical (unpaired) electrons. The molecule has 124 valence electrons. The summed E-state index contributed by atoms with van der Waals surface area (Å²) in [4.78, 5) is 2.08. The van der Waals surface area contributed by atoms with Gasteiger partial charge in [0.25, 0.3) is 0 Å². The zero-order valence-electron chi connectivity index (χ0n) is 14.2. The van der Waals surface area contributed by atoms with Crippen molar-refractivity contribution in [2.45, 2.75) is 52.9 Å². The lowest BCUT2D eigenvalue weighted by atomic mass is 10.0. The fraction of sp³-hybridized carbons (Fsp3) is 0.611. The summed E-state index contributed by atoms with van der Waals surface area (Å²) in [6, 6.07) is 6.41. The van der Waals surface area contributed by atoms with Crippen LogP contribution in [0.4, 0.5) is 5.69 Å². The number of anilines is 1. The van der Waals surface area contributed by atoms with E-state index in [9.17, 15) is 5.11 Å². The van der Waals surface area contributed by atoms with Crippen LogP contribution in [0.2, 0.25) is 0 Å². The van der Waals surface area contributed by atoms with Crippen molar-refractivity contribution in [1.82, 2.24) is 4.90 Å². The van der Waals surface area contributed by atoms with Crippen LogP contribution in [0.15, 0.2) is 18.2 Å². The Kier molecular flexibility index (Phi) is 9.09. The molecule has 4 heteroatoms. The topological polar surface area (TPSA) is 35.5 Å². The van der Waals surface area contributed by atoms with E-state index in [1.54, 1.807) is 0 Å². The van der Waals surface area contributed by atoms with E-state index >= 15 is 0 Å². The van der Waals surface area contributed by atoms with E-state index in [-0.39, 0.29) is 6.61 Å². The predicted octanol–water partition coefficient (Wildman–Crippen LogP) is 3.99. The van der Waals surface area contributed by atoms with Gasteiger partial charge in [-0.2, -0.15) is 0 Å². The molecule has 0 saturated carbocycles. The van der Waals surface area contributed by atoms with Crippen molar-refractivity contribution in [3.8, 4) is 0 Å². The van der Waals surface area contributed by atoms with E-state index in [0.717, 1.165) is 36.6 Å². The summed E-state index contributed by atoms with van der Waals surface area (Å²) in [5, 5.41) is 13.4. The highest BCUT2D eigenvalue weighted by atomic mass is 32.1. The van der Waals surface area contributed by atoms with Crippen LogP contribution in [0.3, 0.4) is 0 Å². The Morgan fingerprint density at radius 3 is 2.23 bits per heavy atom. The van der Waals surface area contributed by atoms with Crippen molar-refractivity contribution < 1.29 is 5.11 Å². The quantitative estimate of drug-likeness (QED) is 0.532. The number of hydrogen-bond donors (Lipinski definition) is 2. The molecule has 0 amide bonds. The molecule has 2 N–H and O–H groups in total. The first kappa shape index (κ1) is 18.9. The molecule has 0 unspecified atom stereocenters. The number of nitrogens with one attached hydrogen (secondary N) is 1. The monoisotopic (exact) mass is 322 g/mol. The van der Waals surface area contributed by atoms with Gasteiger partial charge in [-0.05, 0) is 42.6 Å². The van der Waals surface area contributed by atoms with Crippen molar-refractivity contribution in [1.29, 1.82) is 0 Å². The van der Waals surface area contributed by atoms with Gasteiger partial charge in [0, 0.05) is 18.8 Å². The maximum absolute atomic E-state index is 9.28. The van der Waals surface area contributed by atoms with Gasteiger partial charge in [-0.25, -0.2) is 0 Å². The molecule has 0 aromatic heterocycles. The minimum atomic E-state index is 0.129. The Labute approximate surface area is 140 Å². The second-order valence-corrected chi connectivity index (χ2v) is 5.89. The maximum Gasteiger partial charge on any atom is 0.173 e. The van der Waals surface area contributed by atoms with Crippen LogP contribution >= 0.6 is 12.2 Å². The third-order valence-corrected chi connectivity index (χ3v) is 4.28. The average Bonchev–Trinajstić information content (AvgIpc) is 2.54. The van der Waals surface area contributed by atoms with Crippen LogP contribution in [-0.2, 0) is 12.8 Å². The number of unbranched alkanes of at least 4 members (excludes halogenated alkanes) is 2. The van der Waals surface area contributed by atoms with Crippen LogP contribution in [-0.4, -0.2) is 34.8 Å². The first-order chi connectivity index (χ1) is 10.7. The normalized spacial score (nSPS) is 10.5. The summed E-state index contributed by atoms with van der Waals surface area (Å²) in [5.74, 6) is 0. The molecule has 0 atom stereocenters. The van der Waals surface area contributed by atoms with Gasteiger partial charge in [-0.15, -0.1) is 0 Å². The Morgan fingerprint density at radius 1 is 1.09 bits per heavy atom. The van der Waals surface area contributed by atoms with Gasteiger partial charge in [0.1, 0.15) is 0 Å². The molecular weight excluding hydrogens is 292 g/mol. The standard InChI is InChI=1S/C18H30N2OS/c1-4-7-8-12-20(13-14-21)18(22)19-17-15(5-2)10-9-11-16(17)6-3/h9-11,21H,4-8,12-14H2,1-3H3,(H,19,22). The number of rotatable bonds is 9. The lowest BCUT2D eigenvalue weighted by Crippen LogP contribution is -2.38. The van der Waals surface area contributed by atoms with Gasteiger partial charge in [-0.3, -0.25) is 0 Å². The summed E-state index contributed by atoms with van der Waals surface area (Å²) < 4.78 is 0. The van der Waals surface area contributed by atoms with Gasteiger partial charge in [0.15, 0.2) is 5.11 Å². The minimum Gasteiger partial charge on any atom is -0.395 e. The number of aliphatic hydroxyl groups excluding tert-OH is 1. The number of aliphatic hydroxyl groups is 1. The first-order valence-electron chi connectivity index (χ1n) is 8.45. The third-order valence-electron chi connectivity index (χ3n) is 3.92. The van der Waals surface area contributed by atoms with Crippen LogP contribution < -0.4 is 5.32 Å². The fourth-order valence-electron chi connectivity index (χ4n) is 2.58. The molecule has 3 nitrogen and oxygen atoms in total. The fourth-order valence-corrected chi connectivity index (χ4v) is 2.86. The molecular formula is C18H30N2OS. The van der Waals surface area contributed by atoms with Gasteiger partial charge in [-0.1, -0.05) is 51.8 Å². The van der Waals surface area contributed by atoms with E-state index in [2.05, 4.69) is 49.2 Å². The van der Waals surface area contributed by atoms with Gasteiger partial charge < -0.3 is 15.3 Å². The van der Waals surface area contributed by atoms with Gasteiger partial charge >= 0.3 is 0 Å². The largest absolute Gasteiger partial charge is 0.395 e. The Hall–Kier alpha value is -1.13. The van der Waals surface area contributed by atoms with Crippen LogP contribution in [0.5, 0.6) is 0 Å². The number of hydrogen-bond acceptors (Lipinski definition) is 2. The summed E-state index contributed by atoms with van der Waals surface area (Å²) in [5.41, 5.74) is 3.73.